The van der Waals surface area contributed by atoms with Gasteiger partial charge in [0, 0.05) is 6.54 Å². The van der Waals surface area contributed by atoms with Crippen LogP contribution in [-0.2, 0) is 13.0 Å². The van der Waals surface area contributed by atoms with Crippen molar-refractivity contribution in [3.8, 4) is 0 Å². The zero-order valence-corrected chi connectivity index (χ0v) is 11.7. The Hall–Kier alpha value is -1.38. The van der Waals surface area contributed by atoms with Crippen molar-refractivity contribution in [2.45, 2.75) is 19.9 Å². The molecule has 0 aliphatic carbocycles. The monoisotopic (exact) mass is 277 g/mol. The van der Waals surface area contributed by atoms with E-state index in [9.17, 15) is 4.39 Å². The minimum Gasteiger partial charge on any atom is -0.312 e. The van der Waals surface area contributed by atoms with E-state index in [0.29, 0.717) is 6.54 Å². The van der Waals surface area contributed by atoms with Gasteiger partial charge in [-0.05, 0) is 48.7 Å². The molecule has 3 heteroatoms. The average Bonchev–Trinajstić information content (AvgIpc) is 2.40. The molecule has 19 heavy (non-hydrogen) atoms. The van der Waals surface area contributed by atoms with Crippen molar-refractivity contribution in [1.82, 2.24) is 5.32 Å². The van der Waals surface area contributed by atoms with Crippen molar-refractivity contribution in [1.29, 1.82) is 0 Å². The van der Waals surface area contributed by atoms with Gasteiger partial charge in [-0.25, -0.2) is 4.39 Å². The fourth-order valence-corrected chi connectivity index (χ4v) is 2.11. The van der Waals surface area contributed by atoms with Crippen LogP contribution in [0.5, 0.6) is 0 Å². The summed E-state index contributed by atoms with van der Waals surface area (Å²) >= 11 is 5.64. The molecule has 2 rings (SSSR count). The van der Waals surface area contributed by atoms with E-state index in [-0.39, 0.29) is 10.8 Å². The van der Waals surface area contributed by atoms with Crippen LogP contribution >= 0.6 is 11.6 Å². The van der Waals surface area contributed by atoms with Gasteiger partial charge in [-0.15, -0.1) is 0 Å². The summed E-state index contributed by atoms with van der Waals surface area (Å²) in [5.74, 6) is -0.361. The minimum absolute atomic E-state index is 0.170. The van der Waals surface area contributed by atoms with Crippen LogP contribution in [0.2, 0.25) is 5.02 Å². The summed E-state index contributed by atoms with van der Waals surface area (Å²) in [5.41, 5.74) is 3.56. The summed E-state index contributed by atoms with van der Waals surface area (Å²) in [6.07, 6.45) is 0.975. The smallest absolute Gasteiger partial charge is 0.142 e. The Morgan fingerprint density at radius 1 is 1.16 bits per heavy atom. The molecule has 0 bridgehead atoms. The van der Waals surface area contributed by atoms with Crippen molar-refractivity contribution in [2.24, 2.45) is 0 Å². The third kappa shape index (κ3) is 4.05. The first-order chi connectivity index (χ1) is 9.16. The molecule has 0 amide bonds. The maximum Gasteiger partial charge on any atom is 0.142 e. The van der Waals surface area contributed by atoms with E-state index in [2.05, 4.69) is 30.4 Å². The number of benzene rings is 2. The zero-order chi connectivity index (χ0) is 13.7. The maximum atomic E-state index is 13.2. The summed E-state index contributed by atoms with van der Waals surface area (Å²) in [4.78, 5) is 0. The van der Waals surface area contributed by atoms with E-state index in [1.165, 1.54) is 17.2 Å². The molecule has 0 atom stereocenters. The Labute approximate surface area is 118 Å². The maximum absolute atomic E-state index is 13.2. The molecular formula is C16H17ClFN. The average molecular weight is 278 g/mol. The van der Waals surface area contributed by atoms with E-state index in [4.69, 9.17) is 11.6 Å². The number of aryl methyl sites for hydroxylation is 1. The third-order valence-electron chi connectivity index (χ3n) is 3.15. The van der Waals surface area contributed by atoms with Crippen LogP contribution in [-0.4, -0.2) is 6.54 Å². The highest BCUT2D eigenvalue weighted by atomic mass is 35.5. The molecule has 100 valence electrons. The number of rotatable bonds is 5. The fourth-order valence-electron chi connectivity index (χ4n) is 2.00. The quantitative estimate of drug-likeness (QED) is 0.811. The van der Waals surface area contributed by atoms with Crippen molar-refractivity contribution in [3.63, 3.8) is 0 Å². The Morgan fingerprint density at radius 3 is 2.68 bits per heavy atom. The van der Waals surface area contributed by atoms with Crippen LogP contribution in [0, 0.1) is 12.7 Å². The lowest BCUT2D eigenvalue weighted by Gasteiger charge is -2.07. The predicted molar refractivity (Wildman–Crippen MR) is 78.0 cm³/mol. The van der Waals surface area contributed by atoms with Gasteiger partial charge in [-0.1, -0.05) is 41.9 Å². The second-order valence-corrected chi connectivity index (χ2v) is 5.01. The van der Waals surface area contributed by atoms with Crippen molar-refractivity contribution in [2.75, 3.05) is 6.54 Å². The van der Waals surface area contributed by atoms with Crippen LogP contribution in [0.3, 0.4) is 0 Å². The van der Waals surface area contributed by atoms with Crippen LogP contribution in [0.1, 0.15) is 16.7 Å². The standard InChI is InChI=1S/C16H17ClFN/c1-12-4-2-3-5-14(12)8-9-19-11-13-6-7-15(17)16(18)10-13/h2-7,10,19H,8-9,11H2,1H3. The van der Waals surface area contributed by atoms with Crippen molar-refractivity contribution < 1.29 is 4.39 Å². The van der Waals surface area contributed by atoms with Gasteiger partial charge in [0.15, 0.2) is 0 Å². The van der Waals surface area contributed by atoms with Gasteiger partial charge in [-0.2, -0.15) is 0 Å². The Morgan fingerprint density at radius 2 is 1.95 bits per heavy atom. The summed E-state index contributed by atoms with van der Waals surface area (Å²) in [5, 5.41) is 3.48. The molecule has 2 aromatic rings. The van der Waals surface area contributed by atoms with E-state index in [0.717, 1.165) is 18.5 Å². The summed E-state index contributed by atoms with van der Waals surface area (Å²) in [6, 6.07) is 13.3. The van der Waals surface area contributed by atoms with Gasteiger partial charge in [0.25, 0.3) is 0 Å². The van der Waals surface area contributed by atoms with E-state index in [1.54, 1.807) is 6.07 Å². The zero-order valence-electron chi connectivity index (χ0n) is 10.9. The van der Waals surface area contributed by atoms with Crippen LogP contribution in [0.25, 0.3) is 0 Å². The van der Waals surface area contributed by atoms with Crippen LogP contribution in [0.4, 0.5) is 4.39 Å². The molecule has 0 saturated heterocycles. The van der Waals surface area contributed by atoms with Gasteiger partial charge in [0.05, 0.1) is 5.02 Å². The first-order valence-electron chi connectivity index (χ1n) is 6.36. The number of halogens is 2. The molecule has 0 saturated carbocycles. The molecule has 2 aromatic carbocycles. The summed E-state index contributed by atoms with van der Waals surface area (Å²) in [6.45, 7) is 3.64. The number of nitrogens with one attached hydrogen (secondary N) is 1. The number of hydrogen-bond acceptors (Lipinski definition) is 1. The molecule has 0 aliphatic heterocycles. The molecule has 0 spiro atoms. The highest BCUT2D eigenvalue weighted by Gasteiger charge is 2.01. The lowest BCUT2D eigenvalue weighted by atomic mass is 10.1. The molecule has 0 aliphatic rings. The number of hydrogen-bond donors (Lipinski definition) is 1. The van der Waals surface area contributed by atoms with E-state index >= 15 is 0 Å². The third-order valence-corrected chi connectivity index (χ3v) is 3.45. The van der Waals surface area contributed by atoms with Crippen molar-refractivity contribution >= 4 is 11.6 Å². The van der Waals surface area contributed by atoms with Gasteiger partial charge in [-0.3, -0.25) is 0 Å². The minimum atomic E-state index is -0.361. The molecule has 0 aromatic heterocycles. The second kappa shape index (κ2) is 6.69. The van der Waals surface area contributed by atoms with Gasteiger partial charge >= 0.3 is 0 Å². The Balaban J connectivity index is 1.81. The molecule has 0 heterocycles. The molecule has 0 radical (unpaired) electrons. The van der Waals surface area contributed by atoms with Crippen LogP contribution < -0.4 is 5.32 Å². The second-order valence-electron chi connectivity index (χ2n) is 4.60. The molecule has 1 nitrogen and oxygen atoms in total. The SMILES string of the molecule is Cc1ccccc1CCNCc1ccc(Cl)c(F)c1. The summed E-state index contributed by atoms with van der Waals surface area (Å²) in [7, 11) is 0. The first-order valence-corrected chi connectivity index (χ1v) is 6.74. The molecule has 1 N–H and O–H groups in total. The topological polar surface area (TPSA) is 12.0 Å². The predicted octanol–water partition coefficient (Wildman–Crippen LogP) is 4.12. The first kappa shape index (κ1) is 14.0. The molecule has 0 unspecified atom stereocenters. The fraction of sp³-hybridized carbons (Fsp3) is 0.250. The van der Waals surface area contributed by atoms with Crippen LogP contribution in [0.15, 0.2) is 42.5 Å². The lowest BCUT2D eigenvalue weighted by molar-refractivity contribution is 0.620. The lowest BCUT2D eigenvalue weighted by Crippen LogP contribution is -2.17. The summed E-state index contributed by atoms with van der Waals surface area (Å²) < 4.78 is 13.2. The van der Waals surface area contributed by atoms with E-state index in [1.807, 2.05) is 12.1 Å². The molecular weight excluding hydrogens is 261 g/mol. The van der Waals surface area contributed by atoms with Gasteiger partial charge in [0.2, 0.25) is 0 Å². The normalized spacial score (nSPS) is 10.7. The highest BCUT2D eigenvalue weighted by molar-refractivity contribution is 6.30. The van der Waals surface area contributed by atoms with Crippen molar-refractivity contribution in [3.05, 3.63) is 70.0 Å². The highest BCUT2D eigenvalue weighted by Crippen LogP contribution is 2.15. The van der Waals surface area contributed by atoms with Gasteiger partial charge < -0.3 is 5.32 Å². The molecule has 0 fully saturated rings. The largest absolute Gasteiger partial charge is 0.312 e. The van der Waals surface area contributed by atoms with E-state index < -0.39 is 0 Å². The Kier molecular flexibility index (Phi) is 4.94. The Bertz CT molecular complexity index is 554. The van der Waals surface area contributed by atoms with Gasteiger partial charge in [0.1, 0.15) is 5.82 Å².